The molecule has 27 heavy (non-hydrogen) atoms. The highest BCUT2D eigenvalue weighted by Crippen LogP contribution is 2.14. The molecule has 0 fully saturated rings. The molecule has 3 rings (SSSR count). The van der Waals surface area contributed by atoms with Crippen LogP contribution in [0.25, 0.3) is 10.9 Å². The number of benzene rings is 2. The maximum absolute atomic E-state index is 13.6. The van der Waals surface area contributed by atoms with E-state index in [0.29, 0.717) is 23.3 Å². The summed E-state index contributed by atoms with van der Waals surface area (Å²) in [4.78, 5) is 36.7. The van der Waals surface area contributed by atoms with E-state index in [1.54, 1.807) is 31.2 Å². The minimum Gasteiger partial charge on any atom is -0.355 e. The maximum atomic E-state index is 13.6. The van der Waals surface area contributed by atoms with Crippen LogP contribution in [0.1, 0.15) is 27.8 Å². The Morgan fingerprint density at radius 3 is 2.44 bits per heavy atom. The van der Waals surface area contributed by atoms with Gasteiger partial charge in [0.25, 0.3) is 11.8 Å². The van der Waals surface area contributed by atoms with Crippen LogP contribution in [0.4, 0.5) is 10.1 Å². The zero-order chi connectivity index (χ0) is 19.6. The molecule has 7 nitrogen and oxygen atoms in total. The Bertz CT molecular complexity index is 1090. The molecule has 2 N–H and O–H groups in total. The molecule has 0 atom stereocenters. The molecule has 1 aromatic heterocycles. The van der Waals surface area contributed by atoms with Gasteiger partial charge in [-0.2, -0.15) is 5.10 Å². The van der Waals surface area contributed by atoms with Crippen LogP contribution in [0, 0.1) is 5.82 Å². The van der Waals surface area contributed by atoms with E-state index >= 15 is 0 Å². The first-order chi connectivity index (χ1) is 12.9. The fourth-order valence-corrected chi connectivity index (χ4v) is 2.69. The number of nitrogens with one attached hydrogen (secondary N) is 2. The zero-order valence-corrected chi connectivity index (χ0v) is 14.7. The molecule has 0 aliphatic rings. The molecule has 0 radical (unpaired) electrons. The first kappa shape index (κ1) is 18.2. The van der Waals surface area contributed by atoms with E-state index in [2.05, 4.69) is 15.7 Å². The van der Waals surface area contributed by atoms with Gasteiger partial charge in [-0.25, -0.2) is 4.39 Å². The largest absolute Gasteiger partial charge is 0.355 e. The molecule has 8 heteroatoms. The Hall–Kier alpha value is -3.55. The molecule has 2 aromatic carbocycles. The van der Waals surface area contributed by atoms with Gasteiger partial charge in [-0.3, -0.25) is 19.1 Å². The number of rotatable bonds is 4. The van der Waals surface area contributed by atoms with Crippen LogP contribution in [0.2, 0.25) is 0 Å². The number of aryl methyl sites for hydroxylation is 1. The van der Waals surface area contributed by atoms with Gasteiger partial charge < -0.3 is 10.6 Å². The van der Waals surface area contributed by atoms with E-state index in [9.17, 15) is 18.8 Å². The summed E-state index contributed by atoms with van der Waals surface area (Å²) in [5.74, 6) is -1.53. The number of hydrogen-bond donors (Lipinski definition) is 2. The first-order valence-corrected chi connectivity index (χ1v) is 8.28. The van der Waals surface area contributed by atoms with Crippen molar-refractivity contribution >= 4 is 28.4 Å². The monoisotopic (exact) mass is 368 g/mol. The average Bonchev–Trinajstić information content (AvgIpc) is 2.68. The van der Waals surface area contributed by atoms with Crippen molar-refractivity contribution in [2.45, 2.75) is 13.5 Å². The van der Waals surface area contributed by atoms with Gasteiger partial charge in [0.2, 0.25) is 5.43 Å². The summed E-state index contributed by atoms with van der Waals surface area (Å²) < 4.78 is 15.0. The molecule has 0 spiro atoms. The summed E-state index contributed by atoms with van der Waals surface area (Å²) in [6, 6.07) is 9.97. The Labute approximate surface area is 153 Å². The highest BCUT2D eigenvalue weighted by molar-refractivity contribution is 6.04. The fraction of sp³-hybridized carbons (Fsp3) is 0.158. The molecular formula is C19H17FN4O3. The summed E-state index contributed by atoms with van der Waals surface area (Å²) in [6.45, 7) is 2.21. The summed E-state index contributed by atoms with van der Waals surface area (Å²) in [5.41, 5.74) is 0.314. The van der Waals surface area contributed by atoms with E-state index in [4.69, 9.17) is 0 Å². The van der Waals surface area contributed by atoms with Crippen molar-refractivity contribution in [3.05, 3.63) is 69.8 Å². The number of amides is 2. The lowest BCUT2D eigenvalue weighted by Crippen LogP contribution is -2.27. The summed E-state index contributed by atoms with van der Waals surface area (Å²) in [7, 11) is 1.52. The SMILES string of the molecule is CCn1nc(C(=O)Nc2ccc(C(=O)NC)cc2)c(=O)c2cc(F)ccc21. The lowest BCUT2D eigenvalue weighted by Gasteiger charge is -2.11. The number of aromatic nitrogens is 2. The summed E-state index contributed by atoms with van der Waals surface area (Å²) in [5, 5.41) is 9.27. The topological polar surface area (TPSA) is 93.1 Å². The number of anilines is 1. The Kier molecular flexibility index (Phi) is 4.98. The van der Waals surface area contributed by atoms with Crippen LogP contribution in [-0.4, -0.2) is 28.6 Å². The molecule has 0 bridgehead atoms. The van der Waals surface area contributed by atoms with Crippen molar-refractivity contribution in [1.82, 2.24) is 15.1 Å². The zero-order valence-electron chi connectivity index (χ0n) is 14.7. The second-order valence-electron chi connectivity index (χ2n) is 5.77. The third-order valence-electron chi connectivity index (χ3n) is 4.06. The highest BCUT2D eigenvalue weighted by atomic mass is 19.1. The molecule has 1 heterocycles. The third kappa shape index (κ3) is 3.55. The molecule has 0 aliphatic carbocycles. The second-order valence-corrected chi connectivity index (χ2v) is 5.77. The van der Waals surface area contributed by atoms with Gasteiger partial charge in [-0.15, -0.1) is 0 Å². The Morgan fingerprint density at radius 1 is 1.11 bits per heavy atom. The van der Waals surface area contributed by atoms with Gasteiger partial charge in [0.05, 0.1) is 10.9 Å². The maximum Gasteiger partial charge on any atom is 0.280 e. The number of nitrogens with zero attached hydrogens (tertiary/aromatic N) is 2. The second kappa shape index (κ2) is 7.36. The molecule has 0 saturated heterocycles. The quantitative estimate of drug-likeness (QED) is 0.738. The van der Waals surface area contributed by atoms with Gasteiger partial charge in [-0.1, -0.05) is 0 Å². The van der Waals surface area contributed by atoms with Crippen LogP contribution >= 0.6 is 0 Å². The summed E-state index contributed by atoms with van der Waals surface area (Å²) in [6.07, 6.45) is 0. The van der Waals surface area contributed by atoms with Crippen molar-refractivity contribution in [1.29, 1.82) is 0 Å². The molecule has 2 amide bonds. The normalized spacial score (nSPS) is 10.6. The Morgan fingerprint density at radius 2 is 1.81 bits per heavy atom. The molecular weight excluding hydrogens is 351 g/mol. The van der Waals surface area contributed by atoms with Gasteiger partial charge >= 0.3 is 0 Å². The van der Waals surface area contributed by atoms with E-state index in [1.807, 2.05) is 0 Å². The predicted molar refractivity (Wildman–Crippen MR) is 99.4 cm³/mol. The van der Waals surface area contributed by atoms with Gasteiger partial charge in [0.1, 0.15) is 5.82 Å². The summed E-state index contributed by atoms with van der Waals surface area (Å²) >= 11 is 0. The number of carbonyl (C=O) groups is 2. The smallest absolute Gasteiger partial charge is 0.280 e. The fourth-order valence-electron chi connectivity index (χ4n) is 2.69. The van der Waals surface area contributed by atoms with Crippen LogP contribution in [0.3, 0.4) is 0 Å². The lowest BCUT2D eigenvalue weighted by atomic mass is 10.1. The van der Waals surface area contributed by atoms with Crippen molar-refractivity contribution in [3.63, 3.8) is 0 Å². The van der Waals surface area contributed by atoms with Crippen molar-refractivity contribution in [2.24, 2.45) is 0 Å². The van der Waals surface area contributed by atoms with E-state index < -0.39 is 17.2 Å². The minimum absolute atomic E-state index is 0.0898. The van der Waals surface area contributed by atoms with Crippen molar-refractivity contribution in [3.8, 4) is 0 Å². The molecule has 0 unspecified atom stereocenters. The van der Waals surface area contributed by atoms with E-state index in [0.717, 1.165) is 6.07 Å². The lowest BCUT2D eigenvalue weighted by molar-refractivity contribution is 0.0962. The van der Waals surface area contributed by atoms with Crippen LogP contribution in [0.5, 0.6) is 0 Å². The average molecular weight is 368 g/mol. The van der Waals surface area contributed by atoms with Crippen molar-refractivity contribution in [2.75, 3.05) is 12.4 Å². The molecule has 0 aliphatic heterocycles. The van der Waals surface area contributed by atoms with Gasteiger partial charge in [0.15, 0.2) is 5.69 Å². The highest BCUT2D eigenvalue weighted by Gasteiger charge is 2.18. The molecule has 3 aromatic rings. The number of carbonyl (C=O) groups excluding carboxylic acids is 2. The Balaban J connectivity index is 1.97. The number of hydrogen-bond acceptors (Lipinski definition) is 4. The van der Waals surface area contributed by atoms with Crippen LogP contribution in [0.15, 0.2) is 47.3 Å². The van der Waals surface area contributed by atoms with Gasteiger partial charge in [-0.05, 0) is 49.4 Å². The first-order valence-electron chi connectivity index (χ1n) is 8.28. The predicted octanol–water partition coefficient (Wildman–Crippen LogP) is 2.17. The van der Waals surface area contributed by atoms with Crippen molar-refractivity contribution < 1.29 is 14.0 Å². The number of fused-ring (bicyclic) bond motifs is 1. The van der Waals surface area contributed by atoms with Crippen LogP contribution < -0.4 is 16.1 Å². The molecule has 138 valence electrons. The molecule has 0 saturated carbocycles. The van der Waals surface area contributed by atoms with E-state index in [1.165, 1.54) is 23.9 Å². The van der Waals surface area contributed by atoms with Crippen LogP contribution in [-0.2, 0) is 6.54 Å². The number of halogens is 1. The third-order valence-corrected chi connectivity index (χ3v) is 4.06. The van der Waals surface area contributed by atoms with E-state index in [-0.39, 0.29) is 17.0 Å². The van der Waals surface area contributed by atoms with Gasteiger partial charge in [0, 0.05) is 24.8 Å². The minimum atomic E-state index is -0.707. The standard InChI is InChI=1S/C19H17FN4O3/c1-3-24-15-9-6-12(20)10-14(15)17(25)16(23-24)19(27)22-13-7-4-11(5-8-13)18(26)21-2/h4-10H,3H2,1-2H3,(H,21,26)(H,22,27).